The second-order valence-electron chi connectivity index (χ2n) is 4.57. The van der Waals surface area contributed by atoms with E-state index in [0.29, 0.717) is 6.54 Å². The summed E-state index contributed by atoms with van der Waals surface area (Å²) in [5, 5.41) is 6.20. The highest BCUT2D eigenvalue weighted by atomic mass is 16.2. The third kappa shape index (κ3) is 3.47. The predicted molar refractivity (Wildman–Crippen MR) is 72.5 cm³/mol. The summed E-state index contributed by atoms with van der Waals surface area (Å²) < 4.78 is 0. The van der Waals surface area contributed by atoms with Gasteiger partial charge in [-0.3, -0.25) is 0 Å². The van der Waals surface area contributed by atoms with Crippen LogP contribution in [0.25, 0.3) is 0 Å². The molecule has 0 aromatic heterocycles. The Labute approximate surface area is 108 Å². The van der Waals surface area contributed by atoms with Crippen LogP contribution >= 0.6 is 0 Å². The summed E-state index contributed by atoms with van der Waals surface area (Å²) >= 11 is 0. The van der Waals surface area contributed by atoms with Gasteiger partial charge in [0.1, 0.15) is 0 Å². The lowest BCUT2D eigenvalue weighted by Crippen LogP contribution is -2.50. The number of carbonyl (C=O) groups excluding carboxylic acids is 1. The minimum Gasteiger partial charge on any atom is -0.334 e. The van der Waals surface area contributed by atoms with Crippen LogP contribution in [0.1, 0.15) is 18.1 Å². The summed E-state index contributed by atoms with van der Waals surface area (Å²) in [7, 11) is 0. The summed E-state index contributed by atoms with van der Waals surface area (Å²) in [5.41, 5.74) is 2.47. The third-order valence-electron chi connectivity index (χ3n) is 3.28. The molecule has 98 valence electrons. The molecule has 0 saturated carbocycles. The highest BCUT2D eigenvalue weighted by Crippen LogP contribution is 2.05. The molecule has 1 aliphatic rings. The van der Waals surface area contributed by atoms with E-state index in [9.17, 15) is 4.79 Å². The van der Waals surface area contributed by atoms with Gasteiger partial charge in [0.15, 0.2) is 0 Å². The maximum Gasteiger partial charge on any atom is 0.317 e. The molecule has 0 radical (unpaired) electrons. The number of benzene rings is 1. The van der Waals surface area contributed by atoms with Crippen molar-refractivity contribution in [1.82, 2.24) is 15.5 Å². The molecule has 1 saturated heterocycles. The Morgan fingerprint density at radius 2 is 1.83 bits per heavy atom. The van der Waals surface area contributed by atoms with E-state index in [1.165, 1.54) is 5.56 Å². The summed E-state index contributed by atoms with van der Waals surface area (Å²) in [5.74, 6) is 0. The maximum absolute atomic E-state index is 11.9. The Balaban J connectivity index is 1.80. The topological polar surface area (TPSA) is 44.4 Å². The van der Waals surface area contributed by atoms with Crippen LogP contribution in [0, 0.1) is 0 Å². The van der Waals surface area contributed by atoms with E-state index >= 15 is 0 Å². The van der Waals surface area contributed by atoms with E-state index in [1.54, 1.807) is 0 Å². The van der Waals surface area contributed by atoms with Gasteiger partial charge in [0.05, 0.1) is 0 Å². The molecule has 0 atom stereocenters. The van der Waals surface area contributed by atoms with Crippen LogP contribution < -0.4 is 10.6 Å². The predicted octanol–water partition coefficient (Wildman–Crippen LogP) is 1.36. The molecule has 1 heterocycles. The SMILES string of the molecule is CCc1ccc(CNC(=O)N2CCNCC2)cc1. The van der Waals surface area contributed by atoms with Gasteiger partial charge in [-0.05, 0) is 17.5 Å². The molecule has 1 aromatic rings. The average Bonchev–Trinajstić information content (AvgIpc) is 2.46. The van der Waals surface area contributed by atoms with Gasteiger partial charge in [0.25, 0.3) is 0 Å². The van der Waals surface area contributed by atoms with Crippen molar-refractivity contribution >= 4 is 6.03 Å². The minimum atomic E-state index is 0.0380. The van der Waals surface area contributed by atoms with Crippen LogP contribution in [0.5, 0.6) is 0 Å². The van der Waals surface area contributed by atoms with Gasteiger partial charge in [-0.15, -0.1) is 0 Å². The summed E-state index contributed by atoms with van der Waals surface area (Å²) in [6.45, 7) is 6.10. The smallest absolute Gasteiger partial charge is 0.317 e. The van der Waals surface area contributed by atoms with E-state index in [-0.39, 0.29) is 6.03 Å². The molecular weight excluding hydrogens is 226 g/mol. The lowest BCUT2D eigenvalue weighted by atomic mass is 10.1. The van der Waals surface area contributed by atoms with Crippen LogP contribution in [0.3, 0.4) is 0 Å². The summed E-state index contributed by atoms with van der Waals surface area (Å²) in [6.07, 6.45) is 1.05. The molecule has 4 heteroatoms. The molecule has 4 nitrogen and oxygen atoms in total. The third-order valence-corrected chi connectivity index (χ3v) is 3.28. The summed E-state index contributed by atoms with van der Waals surface area (Å²) in [4.78, 5) is 13.7. The van der Waals surface area contributed by atoms with Gasteiger partial charge >= 0.3 is 6.03 Å². The van der Waals surface area contributed by atoms with Crippen molar-refractivity contribution in [3.8, 4) is 0 Å². The largest absolute Gasteiger partial charge is 0.334 e. The monoisotopic (exact) mass is 247 g/mol. The zero-order valence-corrected chi connectivity index (χ0v) is 10.9. The normalized spacial score (nSPS) is 15.5. The zero-order valence-electron chi connectivity index (χ0n) is 10.9. The maximum atomic E-state index is 11.9. The van der Waals surface area contributed by atoms with Gasteiger partial charge in [0, 0.05) is 32.7 Å². The average molecular weight is 247 g/mol. The molecule has 0 unspecified atom stereocenters. The quantitative estimate of drug-likeness (QED) is 0.847. The van der Waals surface area contributed by atoms with Crippen molar-refractivity contribution < 1.29 is 4.79 Å². The van der Waals surface area contributed by atoms with Gasteiger partial charge in [-0.2, -0.15) is 0 Å². The van der Waals surface area contributed by atoms with E-state index in [1.807, 2.05) is 4.90 Å². The van der Waals surface area contributed by atoms with E-state index in [2.05, 4.69) is 41.8 Å². The first-order valence-electron chi connectivity index (χ1n) is 6.61. The molecule has 1 fully saturated rings. The lowest BCUT2D eigenvalue weighted by Gasteiger charge is -2.27. The fourth-order valence-electron chi connectivity index (χ4n) is 2.05. The Kier molecular flexibility index (Phi) is 4.59. The molecule has 1 aliphatic heterocycles. The first kappa shape index (κ1) is 12.9. The van der Waals surface area contributed by atoms with E-state index in [4.69, 9.17) is 0 Å². The molecule has 0 bridgehead atoms. The number of amides is 2. The second-order valence-corrected chi connectivity index (χ2v) is 4.57. The number of rotatable bonds is 3. The van der Waals surface area contributed by atoms with Crippen LogP contribution in [0.2, 0.25) is 0 Å². The van der Waals surface area contributed by atoms with Crippen molar-refractivity contribution in [2.45, 2.75) is 19.9 Å². The van der Waals surface area contributed by atoms with Crippen molar-refractivity contribution in [3.05, 3.63) is 35.4 Å². The number of nitrogens with one attached hydrogen (secondary N) is 2. The van der Waals surface area contributed by atoms with Crippen molar-refractivity contribution in [1.29, 1.82) is 0 Å². The molecule has 2 rings (SSSR count). The lowest BCUT2D eigenvalue weighted by molar-refractivity contribution is 0.190. The fourth-order valence-corrected chi connectivity index (χ4v) is 2.05. The fraction of sp³-hybridized carbons (Fsp3) is 0.500. The van der Waals surface area contributed by atoms with E-state index < -0.39 is 0 Å². The molecule has 1 aromatic carbocycles. The molecule has 2 N–H and O–H groups in total. The number of piperazine rings is 1. The Bertz CT molecular complexity index is 383. The first-order valence-corrected chi connectivity index (χ1v) is 6.61. The first-order chi connectivity index (χ1) is 8.79. The molecular formula is C14H21N3O. The highest BCUT2D eigenvalue weighted by Gasteiger charge is 2.15. The van der Waals surface area contributed by atoms with Crippen LogP contribution in [0.4, 0.5) is 4.79 Å². The van der Waals surface area contributed by atoms with Gasteiger partial charge in [0.2, 0.25) is 0 Å². The van der Waals surface area contributed by atoms with Gasteiger partial charge in [-0.1, -0.05) is 31.2 Å². The molecule has 0 spiro atoms. The summed E-state index contributed by atoms with van der Waals surface area (Å²) in [6, 6.07) is 8.43. The second kappa shape index (κ2) is 6.40. The standard InChI is InChI=1S/C14H21N3O/c1-2-12-3-5-13(6-4-12)11-16-14(18)17-9-7-15-8-10-17/h3-6,15H,2,7-11H2,1H3,(H,16,18). The van der Waals surface area contributed by atoms with E-state index in [0.717, 1.165) is 38.2 Å². The number of aryl methyl sites for hydroxylation is 1. The van der Waals surface area contributed by atoms with Crippen LogP contribution in [-0.2, 0) is 13.0 Å². The molecule has 0 aliphatic carbocycles. The van der Waals surface area contributed by atoms with Crippen LogP contribution in [-0.4, -0.2) is 37.1 Å². The van der Waals surface area contributed by atoms with Gasteiger partial charge < -0.3 is 15.5 Å². The van der Waals surface area contributed by atoms with Crippen molar-refractivity contribution in [3.63, 3.8) is 0 Å². The van der Waals surface area contributed by atoms with Crippen molar-refractivity contribution in [2.75, 3.05) is 26.2 Å². The minimum absolute atomic E-state index is 0.0380. The highest BCUT2D eigenvalue weighted by molar-refractivity contribution is 5.74. The van der Waals surface area contributed by atoms with Crippen LogP contribution in [0.15, 0.2) is 24.3 Å². The van der Waals surface area contributed by atoms with Crippen molar-refractivity contribution in [2.24, 2.45) is 0 Å². The molecule has 18 heavy (non-hydrogen) atoms. The number of hydrogen-bond donors (Lipinski definition) is 2. The number of urea groups is 1. The number of nitrogens with zero attached hydrogens (tertiary/aromatic N) is 1. The number of hydrogen-bond acceptors (Lipinski definition) is 2. The Morgan fingerprint density at radius 1 is 1.22 bits per heavy atom. The Hall–Kier alpha value is -1.55. The van der Waals surface area contributed by atoms with Gasteiger partial charge in [-0.25, -0.2) is 4.79 Å². The number of carbonyl (C=O) groups is 1. The zero-order chi connectivity index (χ0) is 12.8. The molecule has 2 amide bonds. The Morgan fingerprint density at radius 3 is 2.44 bits per heavy atom.